The van der Waals surface area contributed by atoms with E-state index in [2.05, 4.69) is 21.5 Å². The summed E-state index contributed by atoms with van der Waals surface area (Å²) in [5, 5.41) is 7.77. The second-order valence-corrected chi connectivity index (χ2v) is 4.67. The zero-order chi connectivity index (χ0) is 12.4. The molecular formula is C13H18N4O. The van der Waals surface area contributed by atoms with Gasteiger partial charge in [-0.3, -0.25) is 4.68 Å². The summed E-state index contributed by atoms with van der Waals surface area (Å²) in [7, 11) is 1.96. The summed E-state index contributed by atoms with van der Waals surface area (Å²) in [6, 6.07) is 4.47. The van der Waals surface area contributed by atoms with Gasteiger partial charge in [-0.15, -0.1) is 0 Å². The Hall–Kier alpha value is -1.59. The minimum atomic E-state index is 0.108. The lowest BCUT2D eigenvalue weighted by molar-refractivity contribution is 0.0919. The number of ether oxygens (including phenoxy) is 1. The fraction of sp³-hybridized carbons (Fsp3) is 0.462. The van der Waals surface area contributed by atoms with Crippen molar-refractivity contribution < 1.29 is 4.74 Å². The first-order chi connectivity index (χ1) is 8.84. The summed E-state index contributed by atoms with van der Waals surface area (Å²) in [4.78, 5) is 3.07. The third-order valence-corrected chi connectivity index (χ3v) is 3.47. The average Bonchev–Trinajstić information content (AvgIpc) is 3.06. The van der Waals surface area contributed by atoms with Crippen molar-refractivity contribution >= 4 is 0 Å². The van der Waals surface area contributed by atoms with Gasteiger partial charge in [-0.2, -0.15) is 5.10 Å². The van der Waals surface area contributed by atoms with E-state index in [1.54, 1.807) is 0 Å². The van der Waals surface area contributed by atoms with E-state index in [1.165, 1.54) is 5.56 Å². The molecule has 1 saturated heterocycles. The predicted molar refractivity (Wildman–Crippen MR) is 67.9 cm³/mol. The molecule has 5 heteroatoms. The molecule has 1 aliphatic heterocycles. The lowest BCUT2D eigenvalue weighted by atomic mass is 10.1. The number of aryl methyl sites for hydroxylation is 1. The molecule has 3 heterocycles. The van der Waals surface area contributed by atoms with Crippen LogP contribution in [0, 0.1) is 0 Å². The summed E-state index contributed by atoms with van der Waals surface area (Å²) in [5.41, 5.74) is 2.41. The van der Waals surface area contributed by atoms with E-state index in [4.69, 9.17) is 4.74 Å². The van der Waals surface area contributed by atoms with Crippen molar-refractivity contribution in [1.29, 1.82) is 0 Å². The molecule has 0 radical (unpaired) electrons. The molecule has 2 aromatic rings. The van der Waals surface area contributed by atoms with Crippen LogP contribution in [0.3, 0.4) is 0 Å². The van der Waals surface area contributed by atoms with Crippen molar-refractivity contribution in [3.05, 3.63) is 42.0 Å². The number of rotatable bonds is 4. The van der Waals surface area contributed by atoms with Crippen LogP contribution in [0.25, 0.3) is 0 Å². The molecule has 2 aromatic heterocycles. The van der Waals surface area contributed by atoms with Crippen LogP contribution in [0.5, 0.6) is 0 Å². The van der Waals surface area contributed by atoms with Crippen LogP contribution in [0.2, 0.25) is 0 Å². The molecule has 18 heavy (non-hydrogen) atoms. The Kier molecular flexibility index (Phi) is 3.17. The van der Waals surface area contributed by atoms with Gasteiger partial charge in [0.05, 0.1) is 5.69 Å². The molecule has 0 spiro atoms. The Morgan fingerprint density at radius 3 is 3.22 bits per heavy atom. The van der Waals surface area contributed by atoms with Crippen LogP contribution in [-0.2, 0) is 18.3 Å². The number of nitrogens with one attached hydrogen (secondary N) is 2. The monoisotopic (exact) mass is 246 g/mol. The van der Waals surface area contributed by atoms with Crippen LogP contribution in [0.15, 0.2) is 30.7 Å². The fourth-order valence-electron chi connectivity index (χ4n) is 2.47. The molecule has 1 aliphatic rings. The van der Waals surface area contributed by atoms with Crippen molar-refractivity contribution in [2.75, 3.05) is 6.61 Å². The number of hydrogen-bond donors (Lipinski definition) is 2. The molecule has 96 valence electrons. The SMILES string of the molecule is Cn1nccc1[C@H]1OCC[C@@H]1NCc1cc[nH]c1. The first-order valence-corrected chi connectivity index (χ1v) is 6.29. The van der Waals surface area contributed by atoms with Crippen molar-refractivity contribution in [2.45, 2.75) is 25.1 Å². The normalized spacial score (nSPS) is 23.6. The predicted octanol–water partition coefficient (Wildman–Crippen LogP) is 1.37. The van der Waals surface area contributed by atoms with E-state index in [-0.39, 0.29) is 6.10 Å². The summed E-state index contributed by atoms with van der Waals surface area (Å²) < 4.78 is 7.72. The Balaban J connectivity index is 1.66. The topological polar surface area (TPSA) is 54.9 Å². The zero-order valence-electron chi connectivity index (χ0n) is 10.5. The van der Waals surface area contributed by atoms with Gasteiger partial charge >= 0.3 is 0 Å². The minimum absolute atomic E-state index is 0.108. The number of H-pyrrole nitrogens is 1. The standard InChI is InChI=1S/C13H18N4O/c1-17-12(3-6-16-17)13-11(4-7-18-13)15-9-10-2-5-14-8-10/h2-3,5-6,8,11,13-15H,4,7,9H2,1H3/t11-,13-/m0/s1. The minimum Gasteiger partial charge on any atom is -0.370 e. The molecular weight excluding hydrogens is 228 g/mol. The zero-order valence-corrected chi connectivity index (χ0v) is 10.5. The quantitative estimate of drug-likeness (QED) is 0.856. The molecule has 0 unspecified atom stereocenters. The first-order valence-electron chi connectivity index (χ1n) is 6.29. The van der Waals surface area contributed by atoms with Crippen LogP contribution in [-0.4, -0.2) is 27.4 Å². The van der Waals surface area contributed by atoms with Crippen LogP contribution >= 0.6 is 0 Å². The molecule has 0 aromatic carbocycles. The third kappa shape index (κ3) is 2.19. The lowest BCUT2D eigenvalue weighted by Gasteiger charge is -2.19. The highest BCUT2D eigenvalue weighted by molar-refractivity contribution is 5.11. The Morgan fingerprint density at radius 1 is 1.56 bits per heavy atom. The van der Waals surface area contributed by atoms with Crippen LogP contribution in [0.4, 0.5) is 0 Å². The van der Waals surface area contributed by atoms with Gasteiger partial charge in [0, 0.05) is 44.8 Å². The van der Waals surface area contributed by atoms with Crippen molar-refractivity contribution in [2.24, 2.45) is 7.05 Å². The molecule has 0 bridgehead atoms. The maximum atomic E-state index is 5.83. The molecule has 2 atom stereocenters. The molecule has 5 nitrogen and oxygen atoms in total. The molecule has 1 fully saturated rings. The van der Waals surface area contributed by atoms with E-state index in [1.807, 2.05) is 36.4 Å². The molecule has 0 saturated carbocycles. The van der Waals surface area contributed by atoms with Gasteiger partial charge in [0.25, 0.3) is 0 Å². The van der Waals surface area contributed by atoms with E-state index >= 15 is 0 Å². The van der Waals surface area contributed by atoms with Crippen LogP contribution in [0.1, 0.15) is 23.8 Å². The second kappa shape index (κ2) is 4.96. The summed E-state index contributed by atoms with van der Waals surface area (Å²) in [6.45, 7) is 1.67. The average molecular weight is 246 g/mol. The first kappa shape index (κ1) is 11.5. The maximum Gasteiger partial charge on any atom is 0.114 e. The van der Waals surface area contributed by atoms with Gasteiger partial charge in [0.15, 0.2) is 0 Å². The maximum absolute atomic E-state index is 5.83. The van der Waals surface area contributed by atoms with E-state index in [9.17, 15) is 0 Å². The molecule has 2 N–H and O–H groups in total. The number of hydrogen-bond acceptors (Lipinski definition) is 3. The summed E-state index contributed by atoms with van der Waals surface area (Å²) in [6.07, 6.45) is 6.93. The Labute approximate surface area is 106 Å². The molecule has 0 aliphatic carbocycles. The van der Waals surface area contributed by atoms with Crippen molar-refractivity contribution in [3.63, 3.8) is 0 Å². The molecule has 3 rings (SSSR count). The highest BCUT2D eigenvalue weighted by Crippen LogP contribution is 2.28. The fourth-order valence-corrected chi connectivity index (χ4v) is 2.47. The van der Waals surface area contributed by atoms with Gasteiger partial charge in [-0.1, -0.05) is 0 Å². The van der Waals surface area contributed by atoms with E-state index in [0.29, 0.717) is 6.04 Å². The Bertz CT molecular complexity index is 491. The number of aromatic nitrogens is 3. The van der Waals surface area contributed by atoms with E-state index in [0.717, 1.165) is 25.3 Å². The van der Waals surface area contributed by atoms with Crippen molar-refractivity contribution in [3.8, 4) is 0 Å². The summed E-state index contributed by atoms with van der Waals surface area (Å²) >= 11 is 0. The lowest BCUT2D eigenvalue weighted by Crippen LogP contribution is -2.32. The highest BCUT2D eigenvalue weighted by Gasteiger charge is 2.31. The summed E-state index contributed by atoms with van der Waals surface area (Å²) in [5.74, 6) is 0. The second-order valence-electron chi connectivity index (χ2n) is 4.67. The van der Waals surface area contributed by atoms with Gasteiger partial charge in [0.2, 0.25) is 0 Å². The third-order valence-electron chi connectivity index (χ3n) is 3.47. The smallest absolute Gasteiger partial charge is 0.114 e. The van der Waals surface area contributed by atoms with E-state index < -0.39 is 0 Å². The highest BCUT2D eigenvalue weighted by atomic mass is 16.5. The van der Waals surface area contributed by atoms with Gasteiger partial charge < -0.3 is 15.0 Å². The van der Waals surface area contributed by atoms with Gasteiger partial charge in [-0.05, 0) is 24.1 Å². The largest absolute Gasteiger partial charge is 0.370 e. The number of nitrogens with zero attached hydrogens (tertiary/aromatic N) is 2. The van der Waals surface area contributed by atoms with Crippen molar-refractivity contribution in [1.82, 2.24) is 20.1 Å². The number of aromatic amines is 1. The van der Waals surface area contributed by atoms with Crippen LogP contribution < -0.4 is 5.32 Å². The Morgan fingerprint density at radius 2 is 2.50 bits per heavy atom. The van der Waals surface area contributed by atoms with Gasteiger partial charge in [-0.25, -0.2) is 0 Å². The molecule has 0 amide bonds. The van der Waals surface area contributed by atoms with Gasteiger partial charge in [0.1, 0.15) is 6.10 Å².